The number of nitrogens with zero attached hydrogens (tertiary/aromatic N) is 4. The van der Waals surface area contributed by atoms with Gasteiger partial charge in [-0.3, -0.25) is 0 Å². The van der Waals surface area contributed by atoms with Gasteiger partial charge in [0.2, 0.25) is 5.95 Å². The van der Waals surface area contributed by atoms with Crippen molar-refractivity contribution in [2.24, 2.45) is 0 Å². The second kappa shape index (κ2) is 4.18. The summed E-state index contributed by atoms with van der Waals surface area (Å²) in [6.07, 6.45) is 3.52. The number of hydrogen-bond acceptors (Lipinski definition) is 3. The van der Waals surface area contributed by atoms with E-state index < -0.39 is 0 Å². The predicted molar refractivity (Wildman–Crippen MR) is 65.8 cm³/mol. The first-order valence-corrected chi connectivity index (χ1v) is 5.02. The van der Waals surface area contributed by atoms with Gasteiger partial charge >= 0.3 is 0 Å². The molecule has 0 unspecified atom stereocenters. The highest BCUT2D eigenvalue weighted by molar-refractivity contribution is 5.49. The maximum Gasteiger partial charge on any atom is 0.244 e. The molecular weight excluding hydrogens is 200 g/mol. The van der Waals surface area contributed by atoms with Gasteiger partial charge in [0, 0.05) is 14.1 Å². The molecule has 1 aromatic heterocycles. The van der Waals surface area contributed by atoms with Crippen molar-refractivity contribution >= 4 is 12.0 Å². The quantitative estimate of drug-likeness (QED) is 0.783. The SMILES string of the molecule is C=Cc1ccc(-n2cnc(N(C)C)n2)cc1. The number of aromatic nitrogens is 3. The molecule has 1 heterocycles. The molecule has 0 radical (unpaired) electrons. The van der Waals surface area contributed by atoms with Crippen LogP contribution in [0.25, 0.3) is 11.8 Å². The highest BCUT2D eigenvalue weighted by Crippen LogP contribution is 2.11. The highest BCUT2D eigenvalue weighted by atomic mass is 15.4. The molecule has 0 fully saturated rings. The summed E-state index contributed by atoms with van der Waals surface area (Å²) in [5, 5.41) is 4.34. The van der Waals surface area contributed by atoms with Crippen LogP contribution in [0.2, 0.25) is 0 Å². The fourth-order valence-corrected chi connectivity index (χ4v) is 1.35. The third kappa shape index (κ3) is 1.95. The summed E-state index contributed by atoms with van der Waals surface area (Å²) >= 11 is 0. The smallest absolute Gasteiger partial charge is 0.244 e. The van der Waals surface area contributed by atoms with Crippen molar-refractivity contribution in [1.82, 2.24) is 14.8 Å². The van der Waals surface area contributed by atoms with Gasteiger partial charge in [0.1, 0.15) is 6.33 Å². The number of rotatable bonds is 3. The van der Waals surface area contributed by atoms with Gasteiger partial charge in [0.15, 0.2) is 0 Å². The Morgan fingerprint density at radius 3 is 2.44 bits per heavy atom. The number of hydrogen-bond donors (Lipinski definition) is 0. The lowest BCUT2D eigenvalue weighted by Gasteiger charge is -2.05. The first-order chi connectivity index (χ1) is 7.70. The highest BCUT2D eigenvalue weighted by Gasteiger charge is 2.03. The molecule has 0 aliphatic carbocycles. The average Bonchev–Trinajstić information content (AvgIpc) is 2.78. The van der Waals surface area contributed by atoms with Crippen LogP contribution in [0.5, 0.6) is 0 Å². The van der Waals surface area contributed by atoms with Crippen molar-refractivity contribution in [2.45, 2.75) is 0 Å². The molecule has 0 aliphatic heterocycles. The lowest BCUT2D eigenvalue weighted by Crippen LogP contribution is -2.10. The minimum atomic E-state index is 0.702. The second-order valence-corrected chi connectivity index (χ2v) is 3.68. The van der Waals surface area contributed by atoms with Gasteiger partial charge in [-0.1, -0.05) is 24.8 Å². The van der Waals surface area contributed by atoms with Crippen LogP contribution in [0, 0.1) is 0 Å². The van der Waals surface area contributed by atoms with E-state index in [1.165, 1.54) is 0 Å². The van der Waals surface area contributed by atoms with E-state index in [0.29, 0.717) is 5.95 Å². The first kappa shape index (κ1) is 10.4. The average molecular weight is 214 g/mol. The summed E-state index contributed by atoms with van der Waals surface area (Å²) < 4.78 is 1.75. The van der Waals surface area contributed by atoms with E-state index in [-0.39, 0.29) is 0 Å². The van der Waals surface area contributed by atoms with Gasteiger partial charge in [-0.2, -0.15) is 4.98 Å². The van der Waals surface area contributed by atoms with Crippen molar-refractivity contribution < 1.29 is 0 Å². The fourth-order valence-electron chi connectivity index (χ4n) is 1.35. The summed E-state index contributed by atoms with van der Waals surface area (Å²) in [4.78, 5) is 6.06. The van der Waals surface area contributed by atoms with Crippen LogP contribution in [-0.4, -0.2) is 28.9 Å². The van der Waals surface area contributed by atoms with Crippen LogP contribution in [0.3, 0.4) is 0 Å². The van der Waals surface area contributed by atoms with Crippen LogP contribution in [0.1, 0.15) is 5.56 Å². The van der Waals surface area contributed by atoms with E-state index >= 15 is 0 Å². The molecule has 2 aromatic rings. The Balaban J connectivity index is 2.31. The lowest BCUT2D eigenvalue weighted by atomic mass is 10.2. The molecule has 0 atom stereocenters. The van der Waals surface area contributed by atoms with Gasteiger partial charge in [-0.15, -0.1) is 5.10 Å². The minimum Gasteiger partial charge on any atom is -0.346 e. The van der Waals surface area contributed by atoms with Crippen LogP contribution in [0.15, 0.2) is 37.2 Å². The topological polar surface area (TPSA) is 34.0 Å². The zero-order chi connectivity index (χ0) is 11.5. The summed E-state index contributed by atoms with van der Waals surface area (Å²) in [6.45, 7) is 3.72. The lowest BCUT2D eigenvalue weighted by molar-refractivity contribution is 0.865. The molecule has 0 saturated heterocycles. The van der Waals surface area contributed by atoms with Gasteiger partial charge in [-0.05, 0) is 17.7 Å². The summed E-state index contributed by atoms with van der Waals surface area (Å²) in [7, 11) is 3.83. The van der Waals surface area contributed by atoms with Crippen molar-refractivity contribution in [3.05, 3.63) is 42.7 Å². The standard InChI is InChI=1S/C12H14N4/c1-4-10-5-7-11(8-6-10)16-9-13-12(14-16)15(2)3/h4-9H,1H2,2-3H3. The summed E-state index contributed by atoms with van der Waals surface area (Å²) in [5.74, 6) is 0.702. The van der Waals surface area contributed by atoms with Crippen molar-refractivity contribution in [1.29, 1.82) is 0 Å². The van der Waals surface area contributed by atoms with Crippen molar-refractivity contribution in [3.8, 4) is 5.69 Å². The van der Waals surface area contributed by atoms with Crippen LogP contribution < -0.4 is 4.90 Å². The molecule has 0 N–H and O–H groups in total. The summed E-state index contributed by atoms with van der Waals surface area (Å²) in [6, 6.07) is 7.98. The van der Waals surface area contributed by atoms with Gasteiger partial charge in [0.25, 0.3) is 0 Å². The Morgan fingerprint density at radius 2 is 1.94 bits per heavy atom. The zero-order valence-electron chi connectivity index (χ0n) is 9.46. The Morgan fingerprint density at radius 1 is 1.25 bits per heavy atom. The third-order valence-electron chi connectivity index (χ3n) is 2.27. The first-order valence-electron chi connectivity index (χ1n) is 5.02. The van der Waals surface area contributed by atoms with Gasteiger partial charge < -0.3 is 4.90 Å². The Hall–Kier alpha value is -2.10. The Labute approximate surface area is 94.8 Å². The molecule has 0 saturated carbocycles. The maximum atomic E-state index is 4.34. The van der Waals surface area contributed by atoms with E-state index in [4.69, 9.17) is 0 Å². The molecule has 16 heavy (non-hydrogen) atoms. The Kier molecular flexibility index (Phi) is 2.72. The van der Waals surface area contributed by atoms with Crippen molar-refractivity contribution in [3.63, 3.8) is 0 Å². The minimum absolute atomic E-state index is 0.702. The van der Waals surface area contributed by atoms with E-state index in [9.17, 15) is 0 Å². The summed E-state index contributed by atoms with van der Waals surface area (Å²) in [5.41, 5.74) is 2.09. The van der Waals surface area contributed by atoms with E-state index in [1.54, 1.807) is 11.0 Å². The molecule has 0 spiro atoms. The normalized spacial score (nSPS) is 10.1. The monoisotopic (exact) mass is 214 g/mol. The van der Waals surface area contributed by atoms with E-state index in [0.717, 1.165) is 11.3 Å². The molecule has 82 valence electrons. The van der Waals surface area contributed by atoms with Gasteiger partial charge in [-0.25, -0.2) is 4.68 Å². The van der Waals surface area contributed by atoms with Crippen molar-refractivity contribution in [2.75, 3.05) is 19.0 Å². The van der Waals surface area contributed by atoms with Crippen LogP contribution >= 0.6 is 0 Å². The third-order valence-corrected chi connectivity index (χ3v) is 2.27. The maximum absolute atomic E-state index is 4.34. The Bertz CT molecular complexity index is 482. The molecule has 0 amide bonds. The van der Waals surface area contributed by atoms with E-state index in [1.807, 2.05) is 49.3 Å². The molecule has 0 bridgehead atoms. The largest absolute Gasteiger partial charge is 0.346 e. The molecule has 4 nitrogen and oxygen atoms in total. The van der Waals surface area contributed by atoms with Crippen LogP contribution in [0.4, 0.5) is 5.95 Å². The van der Waals surface area contributed by atoms with Crippen LogP contribution in [-0.2, 0) is 0 Å². The number of benzene rings is 1. The van der Waals surface area contributed by atoms with Gasteiger partial charge in [0.05, 0.1) is 5.69 Å². The fraction of sp³-hybridized carbons (Fsp3) is 0.167. The predicted octanol–water partition coefficient (Wildman–Crippen LogP) is 1.98. The number of anilines is 1. The molecular formula is C12H14N4. The van der Waals surface area contributed by atoms with E-state index in [2.05, 4.69) is 16.7 Å². The molecule has 1 aromatic carbocycles. The molecule has 2 rings (SSSR count). The zero-order valence-corrected chi connectivity index (χ0v) is 9.46. The molecule has 4 heteroatoms. The second-order valence-electron chi connectivity index (χ2n) is 3.68. The molecule has 0 aliphatic rings.